The van der Waals surface area contributed by atoms with Crippen LogP contribution in [-0.2, 0) is 13.1 Å². The summed E-state index contributed by atoms with van der Waals surface area (Å²) in [7, 11) is 0. The van der Waals surface area contributed by atoms with Gasteiger partial charge in [0.25, 0.3) is 0 Å². The van der Waals surface area contributed by atoms with Crippen LogP contribution in [0.5, 0.6) is 0 Å². The van der Waals surface area contributed by atoms with E-state index in [2.05, 4.69) is 43.9 Å². The van der Waals surface area contributed by atoms with Gasteiger partial charge in [-0.25, -0.2) is 0 Å². The molecule has 0 N–H and O–H groups in total. The van der Waals surface area contributed by atoms with Gasteiger partial charge >= 0.3 is 0 Å². The average Bonchev–Trinajstić information content (AvgIpc) is 3.28. The number of furan rings is 1. The Hall–Kier alpha value is -2.40. The van der Waals surface area contributed by atoms with Crippen LogP contribution in [0.15, 0.2) is 59.5 Å². The summed E-state index contributed by atoms with van der Waals surface area (Å²) < 4.78 is 7.68. The van der Waals surface area contributed by atoms with Gasteiger partial charge in [-0.1, -0.05) is 30.3 Å². The summed E-state index contributed by atoms with van der Waals surface area (Å²) in [4.78, 5) is 2.45. The molecule has 4 rings (SSSR count). The van der Waals surface area contributed by atoms with Crippen LogP contribution >= 0.6 is 0 Å². The molecular weight excluding hydrogens is 300 g/mol. The molecule has 0 spiro atoms. The third-order valence-electron chi connectivity index (χ3n) is 4.67. The second-order valence-electron chi connectivity index (χ2n) is 6.46. The molecular formula is C19H22N4O. The minimum Gasteiger partial charge on any atom is -0.468 e. The normalized spacial score (nSPS) is 18.8. The lowest BCUT2D eigenvalue weighted by Gasteiger charge is -2.31. The molecule has 1 saturated heterocycles. The molecule has 0 aliphatic carbocycles. The minimum absolute atomic E-state index is 0.430. The molecule has 1 aromatic carbocycles. The maximum atomic E-state index is 5.49. The standard InChI is InChI=1S/C19H22N4O/c1-2-6-16(7-3-1)12-23-15-20-21-19(23)17-8-4-10-22(13-17)14-18-9-5-11-24-18/h1-3,5-7,9,11,15,17H,4,8,10,12-14H2/t17-/m1/s1. The number of benzene rings is 1. The topological polar surface area (TPSA) is 47.1 Å². The first-order valence-electron chi connectivity index (χ1n) is 8.55. The van der Waals surface area contributed by atoms with Crippen molar-refractivity contribution in [1.29, 1.82) is 0 Å². The van der Waals surface area contributed by atoms with Crippen LogP contribution in [-0.4, -0.2) is 32.8 Å². The number of rotatable bonds is 5. The molecule has 124 valence electrons. The van der Waals surface area contributed by atoms with Gasteiger partial charge in [0.2, 0.25) is 0 Å². The van der Waals surface area contributed by atoms with E-state index in [0.29, 0.717) is 5.92 Å². The molecule has 0 bridgehead atoms. The summed E-state index contributed by atoms with van der Waals surface area (Å²) in [5, 5.41) is 8.60. The Morgan fingerprint density at radius 3 is 2.83 bits per heavy atom. The van der Waals surface area contributed by atoms with Gasteiger partial charge in [0, 0.05) is 12.5 Å². The maximum Gasteiger partial charge on any atom is 0.137 e. The third kappa shape index (κ3) is 3.41. The predicted molar refractivity (Wildman–Crippen MR) is 91.5 cm³/mol. The summed E-state index contributed by atoms with van der Waals surface area (Å²) in [5.41, 5.74) is 1.28. The number of piperidine rings is 1. The number of hydrogen-bond donors (Lipinski definition) is 0. The van der Waals surface area contributed by atoms with E-state index in [4.69, 9.17) is 4.42 Å². The van der Waals surface area contributed by atoms with Crippen molar-refractivity contribution in [3.63, 3.8) is 0 Å². The lowest BCUT2D eigenvalue weighted by Crippen LogP contribution is -2.34. The zero-order chi connectivity index (χ0) is 16.2. The fourth-order valence-electron chi connectivity index (χ4n) is 3.51. The largest absolute Gasteiger partial charge is 0.468 e. The molecule has 0 saturated carbocycles. The smallest absolute Gasteiger partial charge is 0.137 e. The second-order valence-corrected chi connectivity index (χ2v) is 6.46. The van der Waals surface area contributed by atoms with Crippen LogP contribution in [0.25, 0.3) is 0 Å². The molecule has 0 radical (unpaired) electrons. The Balaban J connectivity index is 1.46. The highest BCUT2D eigenvalue weighted by Crippen LogP contribution is 2.26. The van der Waals surface area contributed by atoms with Crippen LogP contribution in [0, 0.1) is 0 Å². The number of nitrogens with zero attached hydrogens (tertiary/aromatic N) is 4. The van der Waals surface area contributed by atoms with E-state index in [-0.39, 0.29) is 0 Å². The van der Waals surface area contributed by atoms with Crippen molar-refractivity contribution < 1.29 is 4.42 Å². The highest BCUT2D eigenvalue weighted by atomic mass is 16.3. The zero-order valence-electron chi connectivity index (χ0n) is 13.7. The van der Waals surface area contributed by atoms with Gasteiger partial charge < -0.3 is 8.98 Å². The zero-order valence-corrected chi connectivity index (χ0v) is 13.7. The first kappa shape index (κ1) is 15.1. The van der Waals surface area contributed by atoms with E-state index in [0.717, 1.165) is 37.8 Å². The molecule has 3 heterocycles. The van der Waals surface area contributed by atoms with Gasteiger partial charge in [0.05, 0.1) is 19.4 Å². The maximum absolute atomic E-state index is 5.49. The minimum atomic E-state index is 0.430. The summed E-state index contributed by atoms with van der Waals surface area (Å²) >= 11 is 0. The van der Waals surface area contributed by atoms with Crippen molar-refractivity contribution in [1.82, 2.24) is 19.7 Å². The Bertz CT molecular complexity index is 751. The summed E-state index contributed by atoms with van der Waals surface area (Å²) in [6.45, 7) is 3.83. The number of aromatic nitrogens is 3. The number of hydrogen-bond acceptors (Lipinski definition) is 4. The van der Waals surface area contributed by atoms with Crippen LogP contribution in [0.4, 0.5) is 0 Å². The van der Waals surface area contributed by atoms with Gasteiger partial charge in [-0.05, 0) is 37.1 Å². The van der Waals surface area contributed by atoms with Crippen molar-refractivity contribution in [2.45, 2.75) is 31.8 Å². The Morgan fingerprint density at radius 1 is 1.08 bits per heavy atom. The first-order chi connectivity index (χ1) is 11.9. The van der Waals surface area contributed by atoms with Crippen molar-refractivity contribution in [2.75, 3.05) is 13.1 Å². The molecule has 2 aromatic heterocycles. The molecule has 24 heavy (non-hydrogen) atoms. The molecule has 5 nitrogen and oxygen atoms in total. The monoisotopic (exact) mass is 322 g/mol. The summed E-state index contributed by atoms with van der Waals surface area (Å²) in [5.74, 6) is 2.56. The SMILES string of the molecule is c1ccc(Cn2cnnc2[C@@H]2CCCN(Cc3ccco3)C2)cc1. The van der Waals surface area contributed by atoms with Crippen LogP contribution in [0.2, 0.25) is 0 Å². The van der Waals surface area contributed by atoms with Crippen molar-refractivity contribution in [3.05, 3.63) is 72.2 Å². The Morgan fingerprint density at radius 2 is 2.00 bits per heavy atom. The fraction of sp³-hybridized carbons (Fsp3) is 0.368. The highest BCUT2D eigenvalue weighted by Gasteiger charge is 2.25. The first-order valence-corrected chi connectivity index (χ1v) is 8.55. The van der Waals surface area contributed by atoms with E-state index in [1.165, 1.54) is 18.4 Å². The molecule has 1 aliphatic rings. The van der Waals surface area contributed by atoms with E-state index in [1.54, 1.807) is 6.26 Å². The Kier molecular flexibility index (Phi) is 4.42. The Labute approximate surface area is 141 Å². The predicted octanol–water partition coefficient (Wildman–Crippen LogP) is 3.30. The molecule has 1 fully saturated rings. The average molecular weight is 322 g/mol. The molecule has 3 aromatic rings. The van der Waals surface area contributed by atoms with E-state index in [1.807, 2.05) is 24.5 Å². The molecule has 5 heteroatoms. The second kappa shape index (κ2) is 7.01. The van der Waals surface area contributed by atoms with E-state index in [9.17, 15) is 0 Å². The van der Waals surface area contributed by atoms with Crippen LogP contribution < -0.4 is 0 Å². The molecule has 0 unspecified atom stereocenters. The van der Waals surface area contributed by atoms with Gasteiger partial charge in [-0.2, -0.15) is 0 Å². The van der Waals surface area contributed by atoms with E-state index < -0.39 is 0 Å². The number of likely N-dealkylation sites (tertiary alicyclic amines) is 1. The fourth-order valence-corrected chi connectivity index (χ4v) is 3.51. The van der Waals surface area contributed by atoms with Crippen LogP contribution in [0.3, 0.4) is 0 Å². The van der Waals surface area contributed by atoms with Crippen molar-refractivity contribution in [2.24, 2.45) is 0 Å². The van der Waals surface area contributed by atoms with Crippen molar-refractivity contribution >= 4 is 0 Å². The van der Waals surface area contributed by atoms with Crippen LogP contribution in [0.1, 0.15) is 35.9 Å². The quantitative estimate of drug-likeness (QED) is 0.723. The van der Waals surface area contributed by atoms with Gasteiger partial charge in [0.1, 0.15) is 17.9 Å². The van der Waals surface area contributed by atoms with Gasteiger partial charge in [0.15, 0.2) is 0 Å². The summed E-state index contributed by atoms with van der Waals surface area (Å²) in [6, 6.07) is 14.5. The third-order valence-corrected chi connectivity index (χ3v) is 4.67. The summed E-state index contributed by atoms with van der Waals surface area (Å²) in [6.07, 6.45) is 5.95. The molecule has 1 aliphatic heterocycles. The van der Waals surface area contributed by atoms with Gasteiger partial charge in [-0.3, -0.25) is 4.90 Å². The lowest BCUT2D eigenvalue weighted by molar-refractivity contribution is 0.182. The van der Waals surface area contributed by atoms with Crippen molar-refractivity contribution in [3.8, 4) is 0 Å². The van der Waals surface area contributed by atoms with E-state index >= 15 is 0 Å². The van der Waals surface area contributed by atoms with Gasteiger partial charge in [-0.15, -0.1) is 10.2 Å². The lowest BCUT2D eigenvalue weighted by atomic mass is 9.97. The molecule has 0 amide bonds. The highest BCUT2D eigenvalue weighted by molar-refractivity contribution is 5.16. The molecule has 1 atom stereocenters.